The van der Waals surface area contributed by atoms with Gasteiger partial charge in [-0.2, -0.15) is 0 Å². The maximum absolute atomic E-state index is 11.2. The van der Waals surface area contributed by atoms with Gasteiger partial charge >= 0.3 is 0 Å². The number of aliphatic hydroxyl groups is 2. The molecule has 2 aromatic heterocycles. The third-order valence-corrected chi connectivity index (χ3v) is 3.15. The molecule has 3 rings (SSSR count). The molecule has 9 heteroatoms. The first kappa shape index (κ1) is 19.0. The number of alkyl halides is 1. The molecule has 0 radical (unpaired) electrons. The Morgan fingerprint density at radius 3 is 2.56 bits per heavy atom. The summed E-state index contributed by atoms with van der Waals surface area (Å²) < 4.78 is 20.4. The second-order valence-corrected chi connectivity index (χ2v) is 5.13. The van der Waals surface area contributed by atoms with Crippen LogP contribution >= 0.6 is 11.6 Å². The molecule has 0 spiro atoms. The lowest BCUT2D eigenvalue weighted by atomic mass is 10.3. The van der Waals surface area contributed by atoms with Crippen LogP contribution in [0.25, 0.3) is 0 Å². The third-order valence-electron chi connectivity index (χ3n) is 2.99. The van der Waals surface area contributed by atoms with E-state index in [0.29, 0.717) is 36.3 Å². The average Bonchev–Trinajstić information content (AvgIpc) is 2.67. The third kappa shape index (κ3) is 5.63. The van der Waals surface area contributed by atoms with Crippen molar-refractivity contribution in [2.45, 2.75) is 13.2 Å². The van der Waals surface area contributed by atoms with Gasteiger partial charge in [0, 0.05) is 12.1 Å². The summed E-state index contributed by atoms with van der Waals surface area (Å²) in [4.78, 5) is 15.1. The van der Waals surface area contributed by atoms with Crippen LogP contribution in [0.4, 0.5) is 0 Å². The van der Waals surface area contributed by atoms with E-state index in [1.807, 2.05) is 0 Å². The molecule has 0 saturated carbocycles. The number of rotatable bonds is 5. The maximum Gasteiger partial charge on any atom is 0.227 e. The van der Waals surface area contributed by atoms with Gasteiger partial charge in [0.05, 0.1) is 24.4 Å². The lowest BCUT2D eigenvalue weighted by molar-refractivity contribution is 0.169. The van der Waals surface area contributed by atoms with Gasteiger partial charge in [0.2, 0.25) is 11.2 Å². The second-order valence-electron chi connectivity index (χ2n) is 4.75. The number of ether oxygens (including phenoxy) is 3. The monoisotopic (exact) mass is 371 g/mol. The van der Waals surface area contributed by atoms with E-state index in [1.54, 1.807) is 12.3 Å². The number of aromatic nitrogens is 1. The molecule has 0 atom stereocenters. The summed E-state index contributed by atoms with van der Waals surface area (Å²) >= 11 is 5.36. The standard InChI is InChI=1S/C8H9ClO4.C8H9NO3/c9-1-2-12-8-5-13-6(4-10)3-7(8)11;10-5-6-3-7-8(4-9-6)12-2-1-11-7/h3,5,10H,1-2,4H2;3-4,10H,1-2,5H2. The SMILES string of the molecule is O=c1cc(CO)occ1OCCCl.OCc1cc2c(cn1)OCCO2. The number of pyridine rings is 1. The van der Waals surface area contributed by atoms with E-state index in [2.05, 4.69) is 4.98 Å². The molecule has 1 aliphatic heterocycles. The van der Waals surface area contributed by atoms with Crippen LogP contribution in [0.15, 0.2) is 33.8 Å². The summed E-state index contributed by atoms with van der Waals surface area (Å²) in [5.41, 5.74) is 0.277. The van der Waals surface area contributed by atoms with Crippen molar-refractivity contribution in [3.8, 4) is 17.2 Å². The van der Waals surface area contributed by atoms with Crippen LogP contribution in [0.1, 0.15) is 11.5 Å². The van der Waals surface area contributed by atoms with Gasteiger partial charge in [0.15, 0.2) is 11.5 Å². The molecular formula is C16H18ClNO7. The van der Waals surface area contributed by atoms with E-state index >= 15 is 0 Å². The molecule has 0 bridgehead atoms. The van der Waals surface area contributed by atoms with Gasteiger partial charge in [0.1, 0.15) is 38.5 Å². The summed E-state index contributed by atoms with van der Waals surface area (Å²) in [6.07, 6.45) is 2.74. The molecule has 0 aliphatic carbocycles. The number of fused-ring (bicyclic) bond motifs is 1. The van der Waals surface area contributed by atoms with Crippen molar-refractivity contribution in [3.63, 3.8) is 0 Å². The quantitative estimate of drug-likeness (QED) is 0.751. The number of aliphatic hydroxyl groups excluding tert-OH is 2. The molecule has 136 valence electrons. The van der Waals surface area contributed by atoms with Gasteiger partial charge in [-0.3, -0.25) is 9.78 Å². The number of hydrogen-bond acceptors (Lipinski definition) is 8. The summed E-state index contributed by atoms with van der Waals surface area (Å²) in [5.74, 6) is 1.95. The Morgan fingerprint density at radius 2 is 1.92 bits per heavy atom. The minimum atomic E-state index is -0.319. The first-order chi connectivity index (χ1) is 12.2. The highest BCUT2D eigenvalue weighted by Gasteiger charge is 2.11. The Bertz CT molecular complexity index is 735. The van der Waals surface area contributed by atoms with Crippen molar-refractivity contribution in [1.29, 1.82) is 0 Å². The van der Waals surface area contributed by atoms with Gasteiger partial charge in [-0.05, 0) is 0 Å². The van der Waals surface area contributed by atoms with Crippen molar-refractivity contribution >= 4 is 11.6 Å². The highest BCUT2D eigenvalue weighted by Crippen LogP contribution is 2.29. The minimum absolute atomic E-state index is 0.0728. The van der Waals surface area contributed by atoms with E-state index in [0.717, 1.165) is 0 Å². The Labute approximate surface area is 148 Å². The van der Waals surface area contributed by atoms with Gasteiger partial charge < -0.3 is 28.8 Å². The fourth-order valence-electron chi connectivity index (χ4n) is 1.85. The Hall–Kier alpha value is -2.29. The first-order valence-electron chi connectivity index (χ1n) is 7.44. The number of halogens is 1. The van der Waals surface area contributed by atoms with Crippen molar-refractivity contribution in [1.82, 2.24) is 4.98 Å². The normalized spacial score (nSPS) is 12.1. The fourth-order valence-corrected chi connectivity index (χ4v) is 1.93. The molecule has 1 aliphatic rings. The molecule has 8 nitrogen and oxygen atoms in total. The summed E-state index contributed by atoms with van der Waals surface area (Å²) in [6, 6.07) is 2.87. The maximum atomic E-state index is 11.2. The van der Waals surface area contributed by atoms with Gasteiger partial charge in [0.25, 0.3) is 0 Å². The predicted octanol–water partition coefficient (Wildman–Crippen LogP) is 1.09. The van der Waals surface area contributed by atoms with Crippen LogP contribution in [0.3, 0.4) is 0 Å². The average molecular weight is 372 g/mol. The van der Waals surface area contributed by atoms with Crippen LogP contribution in [-0.2, 0) is 13.2 Å². The molecule has 0 aromatic carbocycles. The Balaban J connectivity index is 0.000000181. The second kappa shape index (κ2) is 9.87. The molecule has 0 saturated heterocycles. The number of hydrogen-bond donors (Lipinski definition) is 2. The first-order valence-corrected chi connectivity index (χ1v) is 7.98. The van der Waals surface area contributed by atoms with Crippen molar-refractivity contribution in [2.24, 2.45) is 0 Å². The zero-order valence-corrected chi connectivity index (χ0v) is 14.1. The minimum Gasteiger partial charge on any atom is -0.486 e. The lowest BCUT2D eigenvalue weighted by Gasteiger charge is -2.17. The van der Waals surface area contributed by atoms with Crippen LogP contribution in [0.5, 0.6) is 17.2 Å². The van der Waals surface area contributed by atoms with Crippen molar-refractivity contribution < 1.29 is 28.8 Å². The summed E-state index contributed by atoms with van der Waals surface area (Å²) in [6.45, 7) is 1.00. The van der Waals surface area contributed by atoms with Crippen LogP contribution < -0.4 is 19.6 Å². The van der Waals surface area contributed by atoms with Crippen LogP contribution in [0.2, 0.25) is 0 Å². The highest BCUT2D eigenvalue weighted by atomic mass is 35.5. The summed E-state index contributed by atoms with van der Waals surface area (Å²) in [5, 5.41) is 17.4. The van der Waals surface area contributed by atoms with Crippen molar-refractivity contribution in [2.75, 3.05) is 25.7 Å². The molecule has 0 amide bonds. The van der Waals surface area contributed by atoms with E-state index in [1.165, 1.54) is 12.3 Å². The molecule has 25 heavy (non-hydrogen) atoms. The lowest BCUT2D eigenvalue weighted by Crippen LogP contribution is -2.15. The van der Waals surface area contributed by atoms with Gasteiger partial charge in [-0.1, -0.05) is 0 Å². The van der Waals surface area contributed by atoms with Crippen molar-refractivity contribution in [3.05, 3.63) is 46.3 Å². The highest BCUT2D eigenvalue weighted by molar-refractivity contribution is 6.17. The zero-order chi connectivity index (χ0) is 18.1. The Kier molecular flexibility index (Phi) is 7.52. The Morgan fingerprint density at radius 1 is 1.16 bits per heavy atom. The van der Waals surface area contributed by atoms with E-state index in [9.17, 15) is 4.79 Å². The zero-order valence-electron chi connectivity index (χ0n) is 13.3. The topological polar surface area (TPSA) is 111 Å². The smallest absolute Gasteiger partial charge is 0.227 e. The molecule has 2 aromatic rings. The predicted molar refractivity (Wildman–Crippen MR) is 88.3 cm³/mol. The largest absolute Gasteiger partial charge is 0.486 e. The fraction of sp³-hybridized carbons (Fsp3) is 0.375. The molecule has 3 heterocycles. The molecule has 2 N–H and O–H groups in total. The summed E-state index contributed by atoms with van der Waals surface area (Å²) in [7, 11) is 0. The van der Waals surface area contributed by atoms with E-state index in [-0.39, 0.29) is 36.8 Å². The molecule has 0 fully saturated rings. The number of nitrogens with zero attached hydrogens (tertiary/aromatic N) is 1. The van der Waals surface area contributed by atoms with Crippen LogP contribution in [0, 0.1) is 0 Å². The van der Waals surface area contributed by atoms with Gasteiger partial charge in [-0.15, -0.1) is 11.6 Å². The molecular weight excluding hydrogens is 354 g/mol. The van der Waals surface area contributed by atoms with Crippen LogP contribution in [-0.4, -0.2) is 40.9 Å². The van der Waals surface area contributed by atoms with Gasteiger partial charge in [-0.25, -0.2) is 0 Å². The van der Waals surface area contributed by atoms with E-state index in [4.69, 9.17) is 40.4 Å². The molecule has 0 unspecified atom stereocenters. The van der Waals surface area contributed by atoms with E-state index < -0.39 is 0 Å².